The van der Waals surface area contributed by atoms with Gasteiger partial charge in [0.05, 0.1) is 30.8 Å². The molecule has 1 aliphatic rings. The van der Waals surface area contributed by atoms with Crippen molar-refractivity contribution in [2.75, 3.05) is 7.11 Å². The second kappa shape index (κ2) is 15.6. The first-order valence-electron chi connectivity index (χ1n) is 17.4. The van der Waals surface area contributed by atoms with Gasteiger partial charge in [0.2, 0.25) is 0 Å². The lowest BCUT2D eigenvalue weighted by Crippen LogP contribution is -2.32. The zero-order valence-corrected chi connectivity index (χ0v) is 31.6. The molecule has 0 saturated heterocycles. The zero-order valence-electron chi connectivity index (χ0n) is 30.6. The molecule has 0 heterocycles. The Morgan fingerprint density at radius 1 is 1.02 bits per heavy atom. The zero-order chi connectivity index (χ0) is 34.4. The summed E-state index contributed by atoms with van der Waals surface area (Å²) < 4.78 is 4.75. The Hall–Kier alpha value is -2.47. The Morgan fingerprint density at radius 2 is 1.70 bits per heavy atom. The molecule has 3 rings (SSSR count). The summed E-state index contributed by atoms with van der Waals surface area (Å²) >= 11 is 0. The first-order chi connectivity index (χ1) is 21.5. The molecule has 0 bridgehead atoms. The summed E-state index contributed by atoms with van der Waals surface area (Å²) in [6, 6.07) is 15.9. The van der Waals surface area contributed by atoms with Crippen molar-refractivity contribution in [3.05, 3.63) is 88.0 Å². The number of hydrogen-bond acceptors (Lipinski definition) is 4. The van der Waals surface area contributed by atoms with Crippen molar-refractivity contribution in [1.82, 2.24) is 0 Å². The lowest BCUT2D eigenvalue weighted by molar-refractivity contribution is -0.150. The van der Waals surface area contributed by atoms with E-state index < -0.39 is 20.9 Å². The number of rotatable bonds is 14. The summed E-state index contributed by atoms with van der Waals surface area (Å²) in [5.74, 6) is -0.356. The maximum Gasteiger partial charge on any atom is 0.339 e. The van der Waals surface area contributed by atoms with Gasteiger partial charge in [-0.3, -0.25) is 0 Å². The second-order valence-corrected chi connectivity index (χ2v) is 19.0. The highest BCUT2D eigenvalue weighted by Gasteiger charge is 2.39. The maximum atomic E-state index is 11.9. The summed E-state index contributed by atoms with van der Waals surface area (Å²) in [5.41, 5.74) is 8.13. The minimum Gasteiger partial charge on any atom is -0.467 e. The molecule has 3 atom stereocenters. The van der Waals surface area contributed by atoms with Crippen LogP contribution in [0.4, 0.5) is 0 Å². The van der Waals surface area contributed by atoms with Gasteiger partial charge in [0.15, 0.2) is 6.10 Å². The average Bonchev–Trinajstić information content (AvgIpc) is 3.02. The van der Waals surface area contributed by atoms with E-state index in [1.165, 1.54) is 41.0 Å². The molecule has 252 valence electrons. The number of aliphatic hydroxyl groups excluding tert-OH is 2. The molecule has 2 aromatic carbocycles. The van der Waals surface area contributed by atoms with Crippen LogP contribution in [0.1, 0.15) is 121 Å². The van der Waals surface area contributed by atoms with E-state index in [4.69, 9.17) is 4.74 Å². The summed E-state index contributed by atoms with van der Waals surface area (Å²) in [4.78, 5) is 11.9. The van der Waals surface area contributed by atoms with Crippen LogP contribution in [0.25, 0.3) is 5.57 Å². The third kappa shape index (κ3) is 8.70. The van der Waals surface area contributed by atoms with Gasteiger partial charge in [0.25, 0.3) is 0 Å². The van der Waals surface area contributed by atoms with Crippen LogP contribution < -0.4 is 0 Å². The molecule has 5 heteroatoms. The summed E-state index contributed by atoms with van der Waals surface area (Å²) in [6.07, 6.45) is 8.70. The Balaban J connectivity index is 1.80. The van der Waals surface area contributed by atoms with Crippen LogP contribution in [0.3, 0.4) is 0 Å². The van der Waals surface area contributed by atoms with Crippen LogP contribution in [-0.4, -0.2) is 38.2 Å². The van der Waals surface area contributed by atoms with Crippen LogP contribution in [-0.2, 0) is 21.4 Å². The first kappa shape index (κ1) is 38.0. The highest BCUT2D eigenvalue weighted by atomic mass is 28.3. The largest absolute Gasteiger partial charge is 0.467 e. The fraction of sp³-hybridized carbons (Fsp3) is 0.585. The predicted molar refractivity (Wildman–Crippen MR) is 196 cm³/mol. The third-order valence-electron chi connectivity index (χ3n) is 11.2. The van der Waals surface area contributed by atoms with Crippen LogP contribution in [0.5, 0.6) is 0 Å². The van der Waals surface area contributed by atoms with E-state index in [9.17, 15) is 15.0 Å². The number of carbonyl (C=O) groups excluding carboxylic acids is 1. The molecule has 4 nitrogen and oxygen atoms in total. The molecule has 0 aliphatic heterocycles. The molecule has 2 unspecified atom stereocenters. The van der Waals surface area contributed by atoms with E-state index in [-0.39, 0.29) is 16.9 Å². The van der Waals surface area contributed by atoms with Gasteiger partial charge in [-0.1, -0.05) is 88.7 Å². The van der Waals surface area contributed by atoms with Crippen molar-refractivity contribution in [2.45, 2.75) is 136 Å². The van der Waals surface area contributed by atoms with Crippen LogP contribution in [0, 0.1) is 18.3 Å². The molecule has 0 amide bonds. The van der Waals surface area contributed by atoms with Gasteiger partial charge in [0, 0.05) is 5.41 Å². The molecule has 46 heavy (non-hydrogen) atoms. The van der Waals surface area contributed by atoms with Crippen molar-refractivity contribution in [3.63, 3.8) is 0 Å². The smallest absolute Gasteiger partial charge is 0.339 e. The Labute approximate surface area is 282 Å². The van der Waals surface area contributed by atoms with Crippen LogP contribution in [0.2, 0.25) is 17.6 Å². The number of aliphatic hydroxyl groups is 2. The molecule has 1 aliphatic carbocycles. The van der Waals surface area contributed by atoms with Gasteiger partial charge in [-0.2, -0.15) is 0 Å². The van der Waals surface area contributed by atoms with Crippen LogP contribution >= 0.6 is 0 Å². The molecular weight excluding hydrogens is 585 g/mol. The molecule has 0 saturated carbocycles. The molecule has 0 aromatic heterocycles. The number of benzene rings is 2. The number of methoxy groups -OCH3 is 1. The molecule has 0 radical (unpaired) electrons. The highest BCUT2D eigenvalue weighted by molar-refractivity contribution is 6.60. The average molecular weight is 646 g/mol. The molecule has 0 spiro atoms. The first-order valence-corrected chi connectivity index (χ1v) is 19.6. The van der Waals surface area contributed by atoms with Crippen molar-refractivity contribution < 1.29 is 19.7 Å². The van der Waals surface area contributed by atoms with E-state index in [2.05, 4.69) is 105 Å². The lowest BCUT2D eigenvalue weighted by atomic mass is 9.65. The number of allylic oxidation sites excluding steroid dienone is 4. The van der Waals surface area contributed by atoms with Gasteiger partial charge >= 0.3 is 14.8 Å². The SMILES string of the molecule is CCC(CC)(C1=CC=C(c2cccc([C@@H](O)C(=O)OC)c2)C(C)C1)c1ccc(CCC(O)C(C)(C)CC[Si+](C)C(C)(C)C)c(C)c1. The van der Waals surface area contributed by atoms with Gasteiger partial charge < -0.3 is 14.9 Å². The maximum absolute atomic E-state index is 11.9. The minimum atomic E-state index is -1.28. The number of hydrogen-bond donors (Lipinski definition) is 2. The van der Waals surface area contributed by atoms with E-state index in [0.29, 0.717) is 16.5 Å². The summed E-state index contributed by atoms with van der Waals surface area (Å²) in [5, 5.41) is 22.0. The second-order valence-electron chi connectivity index (χ2n) is 15.5. The lowest BCUT2D eigenvalue weighted by Gasteiger charge is -2.39. The van der Waals surface area contributed by atoms with Crippen molar-refractivity contribution in [1.29, 1.82) is 0 Å². The highest BCUT2D eigenvalue weighted by Crippen LogP contribution is 2.46. The number of ether oxygens (including phenoxy) is 1. The summed E-state index contributed by atoms with van der Waals surface area (Å²) in [7, 11) is 0.841. The predicted octanol–water partition coefficient (Wildman–Crippen LogP) is 9.94. The number of carbonyl (C=O) groups is 1. The summed E-state index contributed by atoms with van der Waals surface area (Å²) in [6.45, 7) is 23.1. The number of esters is 1. The quantitative estimate of drug-likeness (QED) is 0.159. The van der Waals surface area contributed by atoms with Crippen molar-refractivity contribution in [2.24, 2.45) is 11.3 Å². The van der Waals surface area contributed by atoms with E-state index in [1.807, 2.05) is 12.1 Å². The fourth-order valence-corrected chi connectivity index (χ4v) is 8.81. The van der Waals surface area contributed by atoms with Gasteiger partial charge in [0.1, 0.15) is 0 Å². The molecule has 2 aromatic rings. The van der Waals surface area contributed by atoms with Crippen LogP contribution in [0.15, 0.2) is 60.2 Å². The normalized spacial score (nSPS) is 17.2. The minimum absolute atomic E-state index is 0.0450. The van der Waals surface area contributed by atoms with E-state index >= 15 is 0 Å². The molecule has 0 fully saturated rings. The standard InChI is InChI=1S/C41H61O4Si/c1-12-41(13-2,34-20-21-35(29(4)26-34)31-15-14-16-32(27-31)37(43)38(44)45-10)33-19-17-30(28(3)25-33)18-22-36(42)40(8,9)23-24-46(11)39(5,6)7/h14-17,19-21,25,27,29,36-37,42-43H,12-13,18,22-24,26H2,1-11H3/q+1/t29?,36?,37-/m1/s1. The van der Waals surface area contributed by atoms with Crippen molar-refractivity contribution in [3.8, 4) is 0 Å². The fourth-order valence-electron chi connectivity index (χ4n) is 7.04. The Bertz CT molecular complexity index is 1390. The van der Waals surface area contributed by atoms with Gasteiger partial charge in [-0.15, -0.1) is 0 Å². The monoisotopic (exact) mass is 645 g/mol. The molecular formula is C41H61O4Si+. The van der Waals surface area contributed by atoms with E-state index in [0.717, 1.165) is 44.1 Å². The van der Waals surface area contributed by atoms with Gasteiger partial charge in [-0.05, 0) is 117 Å². The Morgan fingerprint density at radius 3 is 2.26 bits per heavy atom. The van der Waals surface area contributed by atoms with Crippen molar-refractivity contribution >= 4 is 20.3 Å². The van der Waals surface area contributed by atoms with E-state index in [1.54, 1.807) is 6.07 Å². The molecule has 2 N–H and O–H groups in total. The Kier molecular flexibility index (Phi) is 12.9. The number of aryl methyl sites for hydroxylation is 2. The van der Waals surface area contributed by atoms with Gasteiger partial charge in [-0.25, -0.2) is 4.79 Å². The third-order valence-corrected chi connectivity index (χ3v) is 14.8. The topological polar surface area (TPSA) is 66.8 Å².